The first-order valence-electron chi connectivity index (χ1n) is 5.60. The predicted octanol–water partition coefficient (Wildman–Crippen LogP) is 1.91. The maximum Gasteiger partial charge on any atom is 0.217 e. The maximum atomic E-state index is 11.8. The van der Waals surface area contributed by atoms with Crippen molar-refractivity contribution in [1.29, 1.82) is 0 Å². The van der Waals surface area contributed by atoms with Crippen molar-refractivity contribution < 1.29 is 9.59 Å². The molecule has 3 nitrogen and oxygen atoms in total. The molecule has 0 aliphatic heterocycles. The fourth-order valence-electron chi connectivity index (χ4n) is 2.15. The molecule has 1 fully saturated rings. The number of hydrogen-bond donors (Lipinski definition) is 1. The van der Waals surface area contributed by atoms with Gasteiger partial charge in [-0.3, -0.25) is 9.59 Å². The monoisotopic (exact) mass is 211 g/mol. The van der Waals surface area contributed by atoms with Gasteiger partial charge in [0.2, 0.25) is 5.91 Å². The summed E-state index contributed by atoms with van der Waals surface area (Å²) >= 11 is 0. The zero-order chi connectivity index (χ0) is 11.6. The molecule has 1 rings (SSSR count). The number of Topliss-reactive ketones (excluding diaryl/α,β-unsaturated/α-hetero) is 1. The van der Waals surface area contributed by atoms with Gasteiger partial charge in [0.25, 0.3) is 0 Å². The van der Waals surface area contributed by atoms with Crippen LogP contribution >= 0.6 is 0 Å². The molecule has 1 aliphatic rings. The molecule has 0 unspecified atom stereocenters. The predicted molar refractivity (Wildman–Crippen MR) is 59.4 cm³/mol. The second-order valence-electron chi connectivity index (χ2n) is 5.56. The highest BCUT2D eigenvalue weighted by atomic mass is 16.2. The van der Waals surface area contributed by atoms with Gasteiger partial charge < -0.3 is 5.32 Å². The van der Waals surface area contributed by atoms with Crippen molar-refractivity contribution in [3.05, 3.63) is 0 Å². The number of carbonyl (C=O) groups excluding carboxylic acids is 2. The average Bonchev–Trinajstić information content (AvgIpc) is 2.05. The molecule has 0 aromatic heterocycles. The van der Waals surface area contributed by atoms with Gasteiger partial charge in [-0.15, -0.1) is 0 Å². The van der Waals surface area contributed by atoms with E-state index in [1.165, 1.54) is 6.92 Å². The first-order chi connectivity index (χ1) is 6.80. The summed E-state index contributed by atoms with van der Waals surface area (Å²) < 4.78 is 0. The minimum absolute atomic E-state index is 0.109. The highest BCUT2D eigenvalue weighted by molar-refractivity contribution is 5.89. The second-order valence-corrected chi connectivity index (χ2v) is 5.56. The van der Waals surface area contributed by atoms with Crippen LogP contribution in [0.4, 0.5) is 0 Å². The molecule has 1 saturated carbocycles. The number of nitrogens with one attached hydrogen (secondary N) is 1. The zero-order valence-corrected chi connectivity index (χ0v) is 10.1. The van der Waals surface area contributed by atoms with Gasteiger partial charge in [-0.25, -0.2) is 0 Å². The number of carbonyl (C=O) groups is 2. The van der Waals surface area contributed by atoms with Crippen molar-refractivity contribution in [2.24, 2.45) is 11.3 Å². The zero-order valence-electron chi connectivity index (χ0n) is 10.1. The molecule has 2 atom stereocenters. The summed E-state index contributed by atoms with van der Waals surface area (Å²) in [7, 11) is 0. The standard InChI is InChI=1S/C12H21NO2/c1-8(14)13-10-6-5-9(7-11(10)15)12(2,3)4/h9-10H,5-7H2,1-4H3,(H,13,14)/t9-,10-/m1/s1. The van der Waals surface area contributed by atoms with E-state index >= 15 is 0 Å². The highest BCUT2D eigenvalue weighted by Gasteiger charge is 2.34. The lowest BCUT2D eigenvalue weighted by atomic mass is 9.71. The molecular weight excluding hydrogens is 190 g/mol. The molecular formula is C12H21NO2. The van der Waals surface area contributed by atoms with Crippen molar-refractivity contribution in [2.45, 2.75) is 53.0 Å². The third-order valence-electron chi connectivity index (χ3n) is 3.24. The molecule has 0 bridgehead atoms. The van der Waals surface area contributed by atoms with Gasteiger partial charge in [-0.05, 0) is 24.2 Å². The quantitative estimate of drug-likeness (QED) is 0.720. The van der Waals surface area contributed by atoms with E-state index in [2.05, 4.69) is 26.1 Å². The summed E-state index contributed by atoms with van der Waals surface area (Å²) in [5.74, 6) is 0.536. The fourth-order valence-corrected chi connectivity index (χ4v) is 2.15. The Hall–Kier alpha value is -0.860. The van der Waals surface area contributed by atoms with Crippen molar-refractivity contribution in [1.82, 2.24) is 5.32 Å². The van der Waals surface area contributed by atoms with Gasteiger partial charge in [0.1, 0.15) is 0 Å². The minimum Gasteiger partial charge on any atom is -0.347 e. The summed E-state index contributed by atoms with van der Waals surface area (Å²) in [6, 6.07) is -0.235. The lowest BCUT2D eigenvalue weighted by Crippen LogP contribution is -2.45. The maximum absolute atomic E-state index is 11.8. The van der Waals surface area contributed by atoms with E-state index in [4.69, 9.17) is 0 Å². The Bertz CT molecular complexity index is 265. The van der Waals surface area contributed by atoms with Gasteiger partial charge in [0.15, 0.2) is 5.78 Å². The van der Waals surface area contributed by atoms with Crippen LogP contribution in [0.25, 0.3) is 0 Å². The molecule has 0 aromatic rings. The second kappa shape index (κ2) is 4.33. The van der Waals surface area contributed by atoms with Gasteiger partial charge in [-0.2, -0.15) is 0 Å². The summed E-state index contributed by atoms with van der Waals surface area (Å²) in [5, 5.41) is 2.72. The Morgan fingerprint density at radius 2 is 1.93 bits per heavy atom. The van der Waals surface area contributed by atoms with Crippen LogP contribution in [-0.2, 0) is 9.59 Å². The summed E-state index contributed by atoms with van der Waals surface area (Å²) in [6.45, 7) is 7.97. The Balaban J connectivity index is 2.55. The van der Waals surface area contributed by atoms with Gasteiger partial charge in [0, 0.05) is 13.3 Å². The largest absolute Gasteiger partial charge is 0.347 e. The van der Waals surface area contributed by atoms with E-state index in [1.807, 2.05) is 0 Å². The van der Waals surface area contributed by atoms with Crippen molar-refractivity contribution in [3.63, 3.8) is 0 Å². The third-order valence-corrected chi connectivity index (χ3v) is 3.24. The van der Waals surface area contributed by atoms with Crippen LogP contribution in [-0.4, -0.2) is 17.7 Å². The van der Waals surface area contributed by atoms with E-state index in [0.29, 0.717) is 12.3 Å². The number of hydrogen-bond acceptors (Lipinski definition) is 2. The van der Waals surface area contributed by atoms with Crippen LogP contribution in [0, 0.1) is 11.3 Å². The Kier molecular flexibility index (Phi) is 3.53. The number of amides is 1. The molecule has 86 valence electrons. The molecule has 3 heteroatoms. The Morgan fingerprint density at radius 3 is 2.33 bits per heavy atom. The van der Waals surface area contributed by atoms with E-state index in [9.17, 15) is 9.59 Å². The number of ketones is 1. The molecule has 1 N–H and O–H groups in total. The van der Waals surface area contributed by atoms with Crippen molar-refractivity contribution in [2.75, 3.05) is 0 Å². The van der Waals surface area contributed by atoms with E-state index in [-0.39, 0.29) is 23.1 Å². The first kappa shape index (κ1) is 12.2. The van der Waals surface area contributed by atoms with Crippen LogP contribution in [0.5, 0.6) is 0 Å². The lowest BCUT2D eigenvalue weighted by molar-refractivity contribution is -0.129. The van der Waals surface area contributed by atoms with Crippen LogP contribution in [0.1, 0.15) is 47.0 Å². The molecule has 1 aliphatic carbocycles. The summed E-state index contributed by atoms with van der Waals surface area (Å²) in [4.78, 5) is 22.6. The molecule has 15 heavy (non-hydrogen) atoms. The molecule has 0 radical (unpaired) electrons. The number of rotatable bonds is 1. The van der Waals surface area contributed by atoms with E-state index in [0.717, 1.165) is 12.8 Å². The Morgan fingerprint density at radius 1 is 1.33 bits per heavy atom. The van der Waals surface area contributed by atoms with Crippen molar-refractivity contribution >= 4 is 11.7 Å². The van der Waals surface area contributed by atoms with Crippen molar-refractivity contribution in [3.8, 4) is 0 Å². The van der Waals surface area contributed by atoms with E-state index in [1.54, 1.807) is 0 Å². The summed E-state index contributed by atoms with van der Waals surface area (Å²) in [6.07, 6.45) is 2.43. The molecule has 0 heterocycles. The average molecular weight is 211 g/mol. The van der Waals surface area contributed by atoms with Crippen LogP contribution in [0.3, 0.4) is 0 Å². The van der Waals surface area contributed by atoms with Crippen LogP contribution in [0.15, 0.2) is 0 Å². The van der Waals surface area contributed by atoms with Gasteiger partial charge in [-0.1, -0.05) is 20.8 Å². The normalized spacial score (nSPS) is 27.6. The van der Waals surface area contributed by atoms with Crippen LogP contribution < -0.4 is 5.32 Å². The first-order valence-corrected chi connectivity index (χ1v) is 5.60. The summed E-state index contributed by atoms with van der Waals surface area (Å²) in [5.41, 5.74) is 0.191. The van der Waals surface area contributed by atoms with Gasteiger partial charge >= 0.3 is 0 Å². The smallest absolute Gasteiger partial charge is 0.217 e. The molecule has 0 aromatic carbocycles. The lowest BCUT2D eigenvalue weighted by Gasteiger charge is -2.36. The fraction of sp³-hybridized carbons (Fsp3) is 0.833. The highest BCUT2D eigenvalue weighted by Crippen LogP contribution is 2.36. The SMILES string of the molecule is CC(=O)N[C@@H]1CC[C@@H](C(C)(C)C)CC1=O. The van der Waals surface area contributed by atoms with Crippen LogP contribution in [0.2, 0.25) is 0 Å². The molecule has 1 amide bonds. The molecule has 0 saturated heterocycles. The Labute approximate surface area is 91.6 Å². The topological polar surface area (TPSA) is 46.2 Å². The minimum atomic E-state index is -0.235. The van der Waals surface area contributed by atoms with E-state index < -0.39 is 0 Å². The third kappa shape index (κ3) is 3.33. The van der Waals surface area contributed by atoms with Gasteiger partial charge in [0.05, 0.1) is 6.04 Å². The molecule has 0 spiro atoms.